The smallest absolute Gasteiger partial charge is 0.420 e. The fraction of sp³-hybridized carbons (Fsp3) is 0.211. The Kier molecular flexibility index (Phi) is 5.19. The minimum Gasteiger partial charge on any atom is -0.423 e. The molecule has 4 rings (SSSR count). The number of anilines is 1. The number of fused-ring (bicyclic) bond motifs is 1. The molecule has 8 nitrogen and oxygen atoms in total. The summed E-state index contributed by atoms with van der Waals surface area (Å²) in [5.41, 5.74) is -4.22. The van der Waals surface area contributed by atoms with Crippen molar-refractivity contribution in [2.45, 2.75) is 25.3 Å². The molecule has 0 aliphatic rings. The molecule has 0 saturated heterocycles. The molecule has 4 aromatic rings. The number of oxazole rings is 1. The number of nitrogens with one attached hydrogen (secondary N) is 1. The summed E-state index contributed by atoms with van der Waals surface area (Å²) in [4.78, 5) is 11.9. The number of benzene rings is 1. The van der Waals surface area contributed by atoms with E-state index >= 15 is 0 Å². The van der Waals surface area contributed by atoms with Crippen LogP contribution in [0.25, 0.3) is 16.9 Å². The van der Waals surface area contributed by atoms with E-state index in [4.69, 9.17) is 9.68 Å². The van der Waals surface area contributed by atoms with Gasteiger partial charge < -0.3 is 9.73 Å². The summed E-state index contributed by atoms with van der Waals surface area (Å²) in [7, 11) is 0. The lowest BCUT2D eigenvalue weighted by atomic mass is 10.1. The van der Waals surface area contributed by atoms with Crippen molar-refractivity contribution in [1.29, 1.82) is 5.26 Å². The highest BCUT2D eigenvalue weighted by Gasteiger charge is 2.40. The lowest BCUT2D eigenvalue weighted by molar-refractivity contribution is -0.142. The minimum atomic E-state index is -5.09. The van der Waals surface area contributed by atoms with Gasteiger partial charge in [0, 0.05) is 6.20 Å². The van der Waals surface area contributed by atoms with Crippen LogP contribution < -0.4 is 5.32 Å². The highest BCUT2D eigenvalue weighted by atomic mass is 19.4. The van der Waals surface area contributed by atoms with E-state index in [1.54, 1.807) is 6.92 Å². The molecule has 0 amide bonds. The maximum atomic E-state index is 13.4. The third kappa shape index (κ3) is 4.29. The molecule has 1 N–H and O–H groups in total. The van der Waals surface area contributed by atoms with Gasteiger partial charge in [0.1, 0.15) is 23.5 Å². The van der Waals surface area contributed by atoms with Crippen molar-refractivity contribution in [2.24, 2.45) is 0 Å². The van der Waals surface area contributed by atoms with Crippen LogP contribution in [0.3, 0.4) is 0 Å². The molecule has 0 saturated carbocycles. The van der Waals surface area contributed by atoms with Gasteiger partial charge in [-0.25, -0.2) is 9.97 Å². The molecule has 1 aromatic carbocycles. The molecular weight excluding hydrogens is 456 g/mol. The lowest BCUT2D eigenvalue weighted by Crippen LogP contribution is -2.14. The average molecular weight is 467 g/mol. The molecule has 0 aliphatic heterocycles. The summed E-state index contributed by atoms with van der Waals surface area (Å²) >= 11 is 0. The fourth-order valence-corrected chi connectivity index (χ4v) is 3.02. The number of pyridine rings is 1. The van der Waals surface area contributed by atoms with Gasteiger partial charge in [-0.1, -0.05) is 0 Å². The maximum absolute atomic E-state index is 13.4. The fourth-order valence-electron chi connectivity index (χ4n) is 3.02. The first-order chi connectivity index (χ1) is 15.5. The highest BCUT2D eigenvalue weighted by molar-refractivity contribution is 5.80. The second-order valence-electron chi connectivity index (χ2n) is 6.80. The van der Waals surface area contributed by atoms with Crippen molar-refractivity contribution in [3.63, 3.8) is 0 Å². The summed E-state index contributed by atoms with van der Waals surface area (Å²) in [6.45, 7) is 1.56. The van der Waals surface area contributed by atoms with Gasteiger partial charge in [-0.15, -0.1) is 0 Å². The Hall–Kier alpha value is -4.15. The van der Waals surface area contributed by atoms with Crippen molar-refractivity contribution < 1.29 is 30.8 Å². The summed E-state index contributed by atoms with van der Waals surface area (Å²) in [5.74, 6) is 0.559. The van der Waals surface area contributed by atoms with E-state index in [1.807, 2.05) is 6.07 Å². The molecule has 0 spiro atoms. The minimum absolute atomic E-state index is 0.0199. The van der Waals surface area contributed by atoms with Crippen LogP contribution in [0.2, 0.25) is 0 Å². The number of nitrogens with zero attached hydrogens (tertiary/aromatic N) is 6. The van der Waals surface area contributed by atoms with Gasteiger partial charge in [0.25, 0.3) is 6.01 Å². The van der Waals surface area contributed by atoms with E-state index in [-0.39, 0.29) is 11.9 Å². The Bertz CT molecular complexity index is 1350. The van der Waals surface area contributed by atoms with Gasteiger partial charge in [-0.2, -0.15) is 46.4 Å². The predicted molar refractivity (Wildman–Crippen MR) is 99.9 cm³/mol. The van der Waals surface area contributed by atoms with E-state index in [1.165, 1.54) is 29.3 Å². The second kappa shape index (κ2) is 7.76. The number of alkyl halides is 6. The molecule has 0 radical (unpaired) electrons. The predicted octanol–water partition coefficient (Wildman–Crippen LogP) is 4.89. The van der Waals surface area contributed by atoms with Crippen molar-refractivity contribution in [2.75, 3.05) is 5.32 Å². The zero-order valence-electron chi connectivity index (χ0n) is 16.4. The molecule has 0 fully saturated rings. The average Bonchev–Trinajstić information content (AvgIpc) is 3.38. The summed E-state index contributed by atoms with van der Waals surface area (Å²) in [6.07, 6.45) is -7.57. The van der Waals surface area contributed by atoms with E-state index in [0.717, 1.165) is 0 Å². The van der Waals surface area contributed by atoms with Crippen molar-refractivity contribution in [1.82, 2.24) is 24.7 Å². The van der Waals surface area contributed by atoms with Crippen LogP contribution in [0.1, 0.15) is 35.5 Å². The van der Waals surface area contributed by atoms with Gasteiger partial charge in [0.15, 0.2) is 17.2 Å². The van der Waals surface area contributed by atoms with Gasteiger partial charge in [0.2, 0.25) is 0 Å². The molecule has 33 heavy (non-hydrogen) atoms. The number of nitriles is 1. The molecule has 14 heteroatoms. The lowest BCUT2D eigenvalue weighted by Gasteiger charge is -2.12. The Morgan fingerprint density at radius 3 is 2.45 bits per heavy atom. The monoisotopic (exact) mass is 467 g/mol. The molecule has 1 atom stereocenters. The quantitative estimate of drug-likeness (QED) is 0.426. The summed E-state index contributed by atoms with van der Waals surface area (Å²) in [6, 6.07) is 4.20. The topological polar surface area (TPSA) is 105 Å². The van der Waals surface area contributed by atoms with Crippen molar-refractivity contribution in [3.8, 4) is 11.9 Å². The Morgan fingerprint density at radius 2 is 1.85 bits per heavy atom. The van der Waals surface area contributed by atoms with E-state index in [0.29, 0.717) is 17.4 Å². The molecular formula is C19H11F6N7O. The molecule has 3 heterocycles. The standard InChI is InChI=1S/C19H11F6N7O/c1-9(16-28-8-29-32(16)14-3-2-10(6-26)7-27-14)30-17-31-13-5-11(18(20,21)22)4-12(15(13)33-17)19(23,24)25/h2-5,7-9H,1H3,(H,30,31). The van der Waals surface area contributed by atoms with Gasteiger partial charge in [-0.05, 0) is 31.2 Å². The third-order valence-electron chi connectivity index (χ3n) is 4.52. The molecule has 0 aliphatic carbocycles. The first-order valence-corrected chi connectivity index (χ1v) is 9.09. The van der Waals surface area contributed by atoms with E-state index in [2.05, 4.69) is 25.4 Å². The van der Waals surface area contributed by atoms with Crippen LogP contribution in [0.15, 0.2) is 41.2 Å². The van der Waals surface area contributed by atoms with Gasteiger partial charge in [-0.3, -0.25) is 0 Å². The van der Waals surface area contributed by atoms with Crippen LogP contribution >= 0.6 is 0 Å². The Labute approximate surface area is 180 Å². The summed E-state index contributed by atoms with van der Waals surface area (Å²) < 4.78 is 85.7. The maximum Gasteiger partial charge on any atom is 0.420 e. The zero-order valence-corrected chi connectivity index (χ0v) is 16.4. The number of rotatable bonds is 4. The third-order valence-corrected chi connectivity index (χ3v) is 4.52. The number of halogens is 6. The van der Waals surface area contributed by atoms with Gasteiger partial charge >= 0.3 is 12.4 Å². The molecule has 3 aromatic heterocycles. The van der Waals surface area contributed by atoms with Crippen LogP contribution in [0, 0.1) is 11.3 Å². The van der Waals surface area contributed by atoms with E-state index in [9.17, 15) is 26.3 Å². The van der Waals surface area contributed by atoms with E-state index < -0.39 is 46.6 Å². The zero-order chi connectivity index (χ0) is 24.0. The first kappa shape index (κ1) is 22.1. The van der Waals surface area contributed by atoms with Crippen LogP contribution in [-0.4, -0.2) is 24.7 Å². The molecule has 0 bridgehead atoms. The highest BCUT2D eigenvalue weighted by Crippen LogP contribution is 2.41. The number of hydrogen-bond acceptors (Lipinski definition) is 7. The van der Waals surface area contributed by atoms with Crippen LogP contribution in [-0.2, 0) is 12.4 Å². The Morgan fingerprint density at radius 1 is 1.09 bits per heavy atom. The SMILES string of the molecule is CC(Nc1nc2cc(C(F)(F)F)cc(C(F)(F)F)c2o1)c1ncnn1-c1ccc(C#N)cn1. The van der Waals surface area contributed by atoms with Crippen molar-refractivity contribution >= 4 is 17.1 Å². The molecule has 170 valence electrons. The second-order valence-corrected chi connectivity index (χ2v) is 6.80. The normalized spacial score (nSPS) is 13.2. The number of hydrogen-bond donors (Lipinski definition) is 1. The Balaban J connectivity index is 1.69. The largest absolute Gasteiger partial charge is 0.423 e. The number of aromatic nitrogens is 5. The summed E-state index contributed by atoms with van der Waals surface area (Å²) in [5, 5.41) is 15.6. The van der Waals surface area contributed by atoms with Crippen LogP contribution in [0.5, 0.6) is 0 Å². The van der Waals surface area contributed by atoms with Crippen LogP contribution in [0.4, 0.5) is 32.4 Å². The van der Waals surface area contributed by atoms with Crippen molar-refractivity contribution in [3.05, 3.63) is 59.3 Å². The first-order valence-electron chi connectivity index (χ1n) is 9.09. The van der Waals surface area contributed by atoms with Gasteiger partial charge in [0.05, 0.1) is 17.2 Å². The molecule has 1 unspecified atom stereocenters.